The fraction of sp³-hybridized carbons (Fsp3) is 0.471. The van der Waals surface area contributed by atoms with Crippen molar-refractivity contribution in [1.29, 1.82) is 0 Å². The molecule has 1 atom stereocenters. The number of likely N-dealkylation sites (N-methyl/N-ethyl adjacent to an activating group) is 1. The molecule has 0 aromatic carbocycles. The Morgan fingerprint density at radius 3 is 2.80 bits per heavy atom. The van der Waals surface area contributed by atoms with Gasteiger partial charge in [-0.2, -0.15) is 0 Å². The molecule has 0 saturated heterocycles. The van der Waals surface area contributed by atoms with Crippen LogP contribution in [0.2, 0.25) is 0 Å². The van der Waals surface area contributed by atoms with Crippen LogP contribution < -0.4 is 5.32 Å². The van der Waals surface area contributed by atoms with E-state index in [2.05, 4.69) is 35.4 Å². The number of nitrogens with one attached hydrogen (secondary N) is 1. The lowest BCUT2D eigenvalue weighted by molar-refractivity contribution is 0.557. The third-order valence-electron chi connectivity index (χ3n) is 4.00. The summed E-state index contributed by atoms with van der Waals surface area (Å²) in [7, 11) is 0. The molecule has 1 aliphatic rings. The van der Waals surface area contributed by atoms with Crippen LogP contribution in [0, 0.1) is 0 Å². The summed E-state index contributed by atoms with van der Waals surface area (Å²) in [5.41, 5.74) is 2.96. The summed E-state index contributed by atoms with van der Waals surface area (Å²) in [6.07, 6.45) is 10.1. The second-order valence-corrected chi connectivity index (χ2v) is 6.64. The molecule has 0 aliphatic heterocycles. The van der Waals surface area contributed by atoms with Gasteiger partial charge in [-0.3, -0.25) is 4.98 Å². The second kappa shape index (κ2) is 6.51. The molecule has 3 rings (SSSR count). The number of aromatic nitrogens is 1. The number of hydrogen-bond acceptors (Lipinski definition) is 3. The quantitative estimate of drug-likeness (QED) is 0.901. The highest BCUT2D eigenvalue weighted by molar-refractivity contribution is 7.12. The number of thiophene rings is 1. The maximum Gasteiger partial charge on any atom is 0.0455 e. The summed E-state index contributed by atoms with van der Waals surface area (Å²) >= 11 is 2.02. The van der Waals surface area contributed by atoms with Crippen molar-refractivity contribution in [3.8, 4) is 0 Å². The molecule has 0 amide bonds. The fourth-order valence-electron chi connectivity index (χ4n) is 2.96. The van der Waals surface area contributed by atoms with Crippen LogP contribution in [0.3, 0.4) is 0 Å². The van der Waals surface area contributed by atoms with Gasteiger partial charge in [-0.05, 0) is 68.0 Å². The number of fused-ring (bicyclic) bond motifs is 1. The van der Waals surface area contributed by atoms with Crippen LogP contribution in [0.1, 0.15) is 46.7 Å². The number of nitrogens with zero attached hydrogens (tertiary/aromatic N) is 1. The topological polar surface area (TPSA) is 24.9 Å². The SMILES string of the molecule is CCNC(Cc1ccncc1)c1cc2c(s1)CCCC2. The molecule has 3 heteroatoms. The van der Waals surface area contributed by atoms with Crippen LogP contribution in [0.15, 0.2) is 30.6 Å². The normalized spacial score (nSPS) is 15.8. The zero-order valence-electron chi connectivity index (χ0n) is 12.1. The third-order valence-corrected chi connectivity index (χ3v) is 5.35. The van der Waals surface area contributed by atoms with Crippen molar-refractivity contribution in [2.24, 2.45) is 0 Å². The Kier molecular flexibility index (Phi) is 4.48. The van der Waals surface area contributed by atoms with Crippen LogP contribution in [-0.2, 0) is 19.3 Å². The van der Waals surface area contributed by atoms with Crippen molar-refractivity contribution in [2.75, 3.05) is 6.54 Å². The van der Waals surface area contributed by atoms with Gasteiger partial charge >= 0.3 is 0 Å². The Balaban J connectivity index is 1.81. The lowest BCUT2D eigenvalue weighted by Crippen LogP contribution is -2.22. The fourth-order valence-corrected chi connectivity index (χ4v) is 4.29. The molecule has 0 fully saturated rings. The molecular formula is C17H22N2S. The molecule has 0 saturated carbocycles. The monoisotopic (exact) mass is 286 g/mol. The van der Waals surface area contributed by atoms with Gasteiger partial charge in [-0.15, -0.1) is 11.3 Å². The van der Waals surface area contributed by atoms with Crippen LogP contribution in [0.5, 0.6) is 0 Å². The van der Waals surface area contributed by atoms with Crippen molar-refractivity contribution in [3.05, 3.63) is 51.5 Å². The first-order valence-corrected chi connectivity index (χ1v) is 8.42. The van der Waals surface area contributed by atoms with Gasteiger partial charge in [-0.25, -0.2) is 0 Å². The standard InChI is InChI=1S/C17H22N2S/c1-2-19-15(11-13-7-9-18-10-8-13)17-12-14-5-3-4-6-16(14)20-17/h7-10,12,15,19H,2-6,11H2,1H3. The number of hydrogen-bond donors (Lipinski definition) is 1. The summed E-state index contributed by atoms with van der Waals surface area (Å²) in [4.78, 5) is 7.24. The molecular weight excluding hydrogens is 264 g/mol. The predicted octanol–water partition coefficient (Wildman–Crippen LogP) is 3.92. The van der Waals surface area contributed by atoms with Gasteiger partial charge < -0.3 is 5.32 Å². The minimum Gasteiger partial charge on any atom is -0.309 e. The smallest absolute Gasteiger partial charge is 0.0455 e. The van der Waals surface area contributed by atoms with E-state index < -0.39 is 0 Å². The van der Waals surface area contributed by atoms with Crippen molar-refractivity contribution in [3.63, 3.8) is 0 Å². The average Bonchev–Trinajstić information content (AvgIpc) is 2.92. The molecule has 2 aromatic rings. The highest BCUT2D eigenvalue weighted by atomic mass is 32.1. The molecule has 1 aliphatic carbocycles. The maximum atomic E-state index is 4.11. The third kappa shape index (κ3) is 3.10. The number of rotatable bonds is 5. The molecule has 106 valence electrons. The van der Waals surface area contributed by atoms with Crippen molar-refractivity contribution in [2.45, 2.75) is 45.1 Å². The summed E-state index contributed by atoms with van der Waals surface area (Å²) in [6, 6.07) is 7.14. The predicted molar refractivity (Wildman–Crippen MR) is 85.3 cm³/mol. The van der Waals surface area contributed by atoms with E-state index in [0.29, 0.717) is 6.04 Å². The minimum absolute atomic E-state index is 0.443. The van der Waals surface area contributed by atoms with Crippen molar-refractivity contribution >= 4 is 11.3 Å². The zero-order chi connectivity index (χ0) is 13.8. The van der Waals surface area contributed by atoms with E-state index in [9.17, 15) is 0 Å². The summed E-state index contributed by atoms with van der Waals surface area (Å²) < 4.78 is 0. The maximum absolute atomic E-state index is 4.11. The average molecular weight is 286 g/mol. The van der Waals surface area contributed by atoms with Crippen LogP contribution in [0.25, 0.3) is 0 Å². The van der Waals surface area contributed by atoms with E-state index in [1.54, 1.807) is 10.4 Å². The van der Waals surface area contributed by atoms with Crippen molar-refractivity contribution < 1.29 is 0 Å². The first-order chi connectivity index (χ1) is 9.86. The van der Waals surface area contributed by atoms with Crippen LogP contribution in [-0.4, -0.2) is 11.5 Å². The summed E-state index contributed by atoms with van der Waals surface area (Å²) in [5.74, 6) is 0. The lowest BCUT2D eigenvalue weighted by Gasteiger charge is -2.16. The first-order valence-electron chi connectivity index (χ1n) is 7.60. The second-order valence-electron chi connectivity index (χ2n) is 5.47. The highest BCUT2D eigenvalue weighted by Gasteiger charge is 2.19. The molecule has 0 bridgehead atoms. The Morgan fingerprint density at radius 2 is 2.05 bits per heavy atom. The molecule has 0 radical (unpaired) electrons. The molecule has 2 nitrogen and oxygen atoms in total. The van der Waals surface area contributed by atoms with Gasteiger partial charge in [0.15, 0.2) is 0 Å². The van der Waals surface area contributed by atoms with E-state index in [0.717, 1.165) is 13.0 Å². The molecule has 20 heavy (non-hydrogen) atoms. The van der Waals surface area contributed by atoms with E-state index in [-0.39, 0.29) is 0 Å². The molecule has 1 N–H and O–H groups in total. The zero-order valence-corrected chi connectivity index (χ0v) is 12.9. The molecule has 0 spiro atoms. The van der Waals surface area contributed by atoms with Crippen molar-refractivity contribution in [1.82, 2.24) is 10.3 Å². The largest absolute Gasteiger partial charge is 0.309 e. The highest BCUT2D eigenvalue weighted by Crippen LogP contribution is 2.34. The Morgan fingerprint density at radius 1 is 1.25 bits per heavy atom. The molecule has 1 unspecified atom stereocenters. The van der Waals surface area contributed by atoms with Crippen LogP contribution in [0.4, 0.5) is 0 Å². The van der Waals surface area contributed by atoms with E-state index >= 15 is 0 Å². The van der Waals surface area contributed by atoms with Gasteiger partial charge in [0.1, 0.15) is 0 Å². The number of pyridine rings is 1. The van der Waals surface area contributed by atoms with E-state index in [1.807, 2.05) is 23.7 Å². The Hall–Kier alpha value is -1.19. The first kappa shape index (κ1) is 13.8. The van der Waals surface area contributed by atoms with E-state index in [4.69, 9.17) is 0 Å². The lowest BCUT2D eigenvalue weighted by atomic mass is 9.98. The minimum atomic E-state index is 0.443. The Bertz CT molecular complexity index is 524. The number of aryl methyl sites for hydroxylation is 2. The summed E-state index contributed by atoms with van der Waals surface area (Å²) in [6.45, 7) is 3.20. The van der Waals surface area contributed by atoms with Gasteiger partial charge in [0.25, 0.3) is 0 Å². The van der Waals surface area contributed by atoms with E-state index in [1.165, 1.54) is 36.1 Å². The Labute approximate surface area is 125 Å². The summed E-state index contributed by atoms with van der Waals surface area (Å²) in [5, 5.41) is 3.65. The van der Waals surface area contributed by atoms with Gasteiger partial charge in [0.2, 0.25) is 0 Å². The van der Waals surface area contributed by atoms with Gasteiger partial charge in [0, 0.05) is 28.2 Å². The van der Waals surface area contributed by atoms with Gasteiger partial charge in [-0.1, -0.05) is 6.92 Å². The van der Waals surface area contributed by atoms with Gasteiger partial charge in [0.05, 0.1) is 0 Å². The molecule has 2 heterocycles. The molecule has 2 aromatic heterocycles. The van der Waals surface area contributed by atoms with Crippen LogP contribution >= 0.6 is 11.3 Å².